The van der Waals surface area contributed by atoms with Gasteiger partial charge in [-0.2, -0.15) is 0 Å². The first kappa shape index (κ1) is 17.2. The zero-order valence-corrected chi connectivity index (χ0v) is 14.9. The minimum atomic E-state index is -0.207. The summed E-state index contributed by atoms with van der Waals surface area (Å²) in [6.45, 7) is 2.09. The third-order valence-electron chi connectivity index (χ3n) is 4.95. The smallest absolute Gasteiger partial charge is 0.255 e. The molecule has 0 spiro atoms. The lowest BCUT2D eigenvalue weighted by atomic mass is 9.96. The number of piperidine rings is 1. The predicted molar refractivity (Wildman–Crippen MR) is 101 cm³/mol. The first-order chi connectivity index (χ1) is 13.2. The lowest BCUT2D eigenvalue weighted by Gasteiger charge is -2.32. The number of amides is 1. The molecule has 1 fully saturated rings. The minimum absolute atomic E-state index is 0.0526. The van der Waals surface area contributed by atoms with Crippen LogP contribution < -0.4 is 5.56 Å². The number of H-pyrrole nitrogens is 1. The molecule has 1 aliphatic heterocycles. The Bertz CT molecular complexity index is 959. The van der Waals surface area contributed by atoms with Crippen molar-refractivity contribution in [1.82, 2.24) is 24.4 Å². The Morgan fingerprint density at radius 2 is 2.04 bits per heavy atom. The lowest BCUT2D eigenvalue weighted by molar-refractivity contribution is 0.0703. The predicted octanol–water partition coefficient (Wildman–Crippen LogP) is 2.03. The number of hydrogen-bond acceptors (Lipinski definition) is 4. The van der Waals surface area contributed by atoms with Gasteiger partial charge in [-0.25, -0.2) is 4.98 Å². The molecule has 0 unspecified atom stereocenters. The molecule has 1 aliphatic rings. The third kappa shape index (κ3) is 3.81. The monoisotopic (exact) mass is 363 g/mol. The number of hydrogen-bond donors (Lipinski definition) is 1. The van der Waals surface area contributed by atoms with Gasteiger partial charge in [-0.3, -0.25) is 14.6 Å². The molecule has 1 N–H and O–H groups in total. The zero-order chi connectivity index (χ0) is 18.6. The van der Waals surface area contributed by atoms with Crippen LogP contribution >= 0.6 is 0 Å². The van der Waals surface area contributed by atoms with Crippen LogP contribution in [0.1, 0.15) is 40.5 Å². The molecular weight excluding hydrogens is 342 g/mol. The maximum Gasteiger partial charge on any atom is 0.255 e. The number of nitrogens with zero attached hydrogens (tertiary/aromatic N) is 4. The molecule has 4 heterocycles. The van der Waals surface area contributed by atoms with Crippen LogP contribution in [0.5, 0.6) is 0 Å². The number of rotatable bonds is 4. The van der Waals surface area contributed by atoms with Gasteiger partial charge >= 0.3 is 0 Å². The van der Waals surface area contributed by atoms with Crippen molar-refractivity contribution in [3.63, 3.8) is 0 Å². The van der Waals surface area contributed by atoms with Crippen LogP contribution in [-0.2, 0) is 6.54 Å². The Morgan fingerprint density at radius 1 is 1.19 bits per heavy atom. The maximum atomic E-state index is 12.8. The Balaban J connectivity index is 1.50. The van der Waals surface area contributed by atoms with Crippen molar-refractivity contribution in [1.29, 1.82) is 0 Å². The highest BCUT2D eigenvalue weighted by atomic mass is 16.2. The van der Waals surface area contributed by atoms with Gasteiger partial charge in [0.1, 0.15) is 5.82 Å². The molecule has 4 rings (SSSR count). The SMILES string of the molecule is O=C(c1ccc(=O)[nH]c1)N1CCC[C@H](c2nccn2Cc2ccncc2)C1. The average Bonchev–Trinajstić information content (AvgIpc) is 3.17. The molecule has 0 aliphatic carbocycles. The van der Waals surface area contributed by atoms with E-state index in [1.165, 1.54) is 17.8 Å². The third-order valence-corrected chi connectivity index (χ3v) is 4.95. The standard InChI is InChI=1S/C20H21N5O2/c26-18-4-3-16(12-23-18)20(27)25-10-1-2-17(14-25)19-22-9-11-24(19)13-15-5-7-21-8-6-15/h3-9,11-12,17H,1-2,10,13-14H2,(H,23,26)/t17-/m0/s1. The molecule has 0 aromatic carbocycles. The van der Waals surface area contributed by atoms with Crippen molar-refractivity contribution in [2.45, 2.75) is 25.3 Å². The second kappa shape index (κ2) is 7.57. The molecule has 138 valence electrons. The van der Waals surface area contributed by atoms with E-state index >= 15 is 0 Å². The summed E-state index contributed by atoms with van der Waals surface area (Å²) in [6, 6.07) is 6.96. The van der Waals surface area contributed by atoms with Crippen LogP contribution in [0.4, 0.5) is 0 Å². The summed E-state index contributed by atoms with van der Waals surface area (Å²) < 4.78 is 2.15. The van der Waals surface area contributed by atoms with Crippen LogP contribution in [0, 0.1) is 0 Å². The molecule has 7 heteroatoms. The fourth-order valence-corrected chi connectivity index (χ4v) is 3.60. The molecule has 3 aromatic heterocycles. The maximum absolute atomic E-state index is 12.8. The van der Waals surface area contributed by atoms with Crippen molar-refractivity contribution in [3.8, 4) is 0 Å². The summed E-state index contributed by atoms with van der Waals surface area (Å²) in [5, 5.41) is 0. The Morgan fingerprint density at radius 3 is 2.81 bits per heavy atom. The van der Waals surface area contributed by atoms with Crippen LogP contribution in [0.2, 0.25) is 0 Å². The Labute approximate surface area is 156 Å². The molecule has 27 heavy (non-hydrogen) atoms. The molecular formula is C20H21N5O2. The summed E-state index contributed by atoms with van der Waals surface area (Å²) >= 11 is 0. The number of carbonyl (C=O) groups excluding carboxylic acids is 1. The summed E-state index contributed by atoms with van der Waals surface area (Å²) in [5.74, 6) is 1.15. The van der Waals surface area contributed by atoms with E-state index in [1.54, 1.807) is 18.5 Å². The van der Waals surface area contributed by atoms with Gasteiger partial charge in [0, 0.05) is 62.6 Å². The fourth-order valence-electron chi connectivity index (χ4n) is 3.60. The number of aromatic nitrogens is 4. The molecule has 1 atom stereocenters. The van der Waals surface area contributed by atoms with E-state index in [0.29, 0.717) is 12.1 Å². The summed E-state index contributed by atoms with van der Waals surface area (Å²) in [5.41, 5.74) is 1.47. The highest BCUT2D eigenvalue weighted by Crippen LogP contribution is 2.27. The topological polar surface area (TPSA) is 83.9 Å². The average molecular weight is 363 g/mol. The van der Waals surface area contributed by atoms with E-state index in [1.807, 2.05) is 29.4 Å². The fraction of sp³-hybridized carbons (Fsp3) is 0.300. The molecule has 7 nitrogen and oxygen atoms in total. The van der Waals surface area contributed by atoms with Gasteiger partial charge in [-0.05, 0) is 36.6 Å². The van der Waals surface area contributed by atoms with Gasteiger partial charge in [-0.1, -0.05) is 0 Å². The lowest BCUT2D eigenvalue weighted by Crippen LogP contribution is -2.40. The van der Waals surface area contributed by atoms with E-state index in [0.717, 1.165) is 31.8 Å². The quantitative estimate of drug-likeness (QED) is 0.769. The molecule has 0 radical (unpaired) electrons. The first-order valence-corrected chi connectivity index (χ1v) is 9.08. The van der Waals surface area contributed by atoms with Crippen LogP contribution in [-0.4, -0.2) is 43.4 Å². The highest BCUT2D eigenvalue weighted by molar-refractivity contribution is 5.93. The van der Waals surface area contributed by atoms with E-state index in [4.69, 9.17) is 0 Å². The van der Waals surface area contributed by atoms with Gasteiger partial charge in [0.05, 0.1) is 5.56 Å². The molecule has 1 saturated heterocycles. The van der Waals surface area contributed by atoms with Crippen molar-refractivity contribution in [2.75, 3.05) is 13.1 Å². The van der Waals surface area contributed by atoms with Crippen molar-refractivity contribution in [3.05, 3.63) is 82.6 Å². The van der Waals surface area contributed by atoms with E-state index in [9.17, 15) is 9.59 Å². The Hall–Kier alpha value is -3.22. The zero-order valence-electron chi connectivity index (χ0n) is 14.9. The van der Waals surface area contributed by atoms with E-state index < -0.39 is 0 Å². The van der Waals surface area contributed by atoms with Crippen LogP contribution in [0.15, 0.2) is 60.0 Å². The van der Waals surface area contributed by atoms with Gasteiger partial charge in [0.15, 0.2) is 0 Å². The van der Waals surface area contributed by atoms with Crippen molar-refractivity contribution >= 4 is 5.91 Å². The summed E-state index contributed by atoms with van der Waals surface area (Å²) in [4.78, 5) is 37.1. The first-order valence-electron chi connectivity index (χ1n) is 9.08. The van der Waals surface area contributed by atoms with Gasteiger partial charge in [0.25, 0.3) is 5.91 Å². The number of pyridine rings is 2. The van der Waals surface area contributed by atoms with Gasteiger partial charge in [0.2, 0.25) is 5.56 Å². The van der Waals surface area contributed by atoms with Gasteiger partial charge < -0.3 is 14.5 Å². The minimum Gasteiger partial charge on any atom is -0.338 e. The van der Waals surface area contributed by atoms with Crippen LogP contribution in [0.3, 0.4) is 0 Å². The number of nitrogens with one attached hydrogen (secondary N) is 1. The van der Waals surface area contributed by atoms with Gasteiger partial charge in [-0.15, -0.1) is 0 Å². The second-order valence-corrected chi connectivity index (χ2v) is 6.80. The van der Waals surface area contributed by atoms with Crippen molar-refractivity contribution in [2.24, 2.45) is 0 Å². The Kier molecular flexibility index (Phi) is 4.82. The number of imidazole rings is 1. The second-order valence-electron chi connectivity index (χ2n) is 6.80. The van der Waals surface area contributed by atoms with Crippen molar-refractivity contribution < 1.29 is 4.79 Å². The number of carbonyl (C=O) groups is 1. The molecule has 0 bridgehead atoms. The molecule has 1 amide bonds. The van der Waals surface area contributed by atoms with E-state index in [2.05, 4.69) is 19.5 Å². The highest BCUT2D eigenvalue weighted by Gasteiger charge is 2.28. The largest absolute Gasteiger partial charge is 0.338 e. The number of likely N-dealkylation sites (tertiary alicyclic amines) is 1. The summed E-state index contributed by atoms with van der Waals surface area (Å²) in [7, 11) is 0. The number of aromatic amines is 1. The summed E-state index contributed by atoms with van der Waals surface area (Å²) in [6.07, 6.45) is 10.8. The normalized spacial score (nSPS) is 17.0. The molecule has 0 saturated carbocycles. The van der Waals surface area contributed by atoms with E-state index in [-0.39, 0.29) is 17.4 Å². The van der Waals surface area contributed by atoms with Crippen LogP contribution in [0.25, 0.3) is 0 Å². The molecule has 3 aromatic rings.